The number of aryl methyl sites for hydroxylation is 3. The Morgan fingerprint density at radius 1 is 1.29 bits per heavy atom. The third kappa shape index (κ3) is 4.90. The van der Waals surface area contributed by atoms with Crippen LogP contribution in [-0.4, -0.2) is 39.4 Å². The minimum atomic E-state index is -1.37. The van der Waals surface area contributed by atoms with E-state index in [0.29, 0.717) is 30.5 Å². The molecule has 0 aliphatic heterocycles. The molecule has 0 saturated heterocycles. The lowest BCUT2D eigenvalue weighted by Crippen LogP contribution is -2.32. The largest absolute Gasteiger partial charge is 0.383 e. The van der Waals surface area contributed by atoms with E-state index in [2.05, 4.69) is 9.97 Å². The van der Waals surface area contributed by atoms with Gasteiger partial charge in [0.05, 0.1) is 29.7 Å². The van der Waals surface area contributed by atoms with Crippen LogP contribution in [0.15, 0.2) is 41.0 Å². The van der Waals surface area contributed by atoms with Gasteiger partial charge in [0, 0.05) is 6.42 Å². The molecule has 176 valence electrons. The molecule has 1 aliphatic rings. The van der Waals surface area contributed by atoms with Gasteiger partial charge in [-0.1, -0.05) is 17.6 Å². The maximum Gasteiger partial charge on any atom is 0.290 e. The van der Waals surface area contributed by atoms with E-state index in [0.717, 1.165) is 27.6 Å². The van der Waals surface area contributed by atoms with Gasteiger partial charge in [0.15, 0.2) is 5.79 Å². The average Bonchev–Trinajstić information content (AvgIpc) is 3.12. The zero-order valence-corrected chi connectivity index (χ0v) is 19.8. The van der Waals surface area contributed by atoms with Crippen molar-refractivity contribution < 1.29 is 14.2 Å². The third-order valence-corrected chi connectivity index (χ3v) is 6.14. The van der Waals surface area contributed by atoms with Crippen molar-refractivity contribution in [3.8, 4) is 0 Å². The minimum Gasteiger partial charge on any atom is -0.383 e. The molecule has 2 radical (unpaired) electrons. The third-order valence-electron chi connectivity index (χ3n) is 6.14. The number of benzene rings is 1. The lowest BCUT2D eigenvalue weighted by molar-refractivity contribution is -0.197. The van der Waals surface area contributed by atoms with E-state index in [4.69, 9.17) is 18.3 Å². The number of rotatable bonds is 6. The van der Waals surface area contributed by atoms with Gasteiger partial charge in [0.1, 0.15) is 13.7 Å². The topological polar surface area (TPSA) is 103 Å². The smallest absolute Gasteiger partial charge is 0.290 e. The van der Waals surface area contributed by atoms with Gasteiger partial charge in [-0.3, -0.25) is 9.36 Å². The van der Waals surface area contributed by atoms with Crippen LogP contribution in [0.4, 0.5) is 10.2 Å². The fourth-order valence-electron chi connectivity index (χ4n) is 4.38. The first kappa shape index (κ1) is 24.1. The average molecular weight is 462 g/mol. The highest BCUT2D eigenvalue weighted by atomic mass is 19.1. The number of pyridine rings is 1. The molecule has 3 N–H and O–H groups in total. The second kappa shape index (κ2) is 8.96. The van der Waals surface area contributed by atoms with E-state index in [9.17, 15) is 14.3 Å². The number of ether oxygens (including phenoxy) is 1. The molecule has 1 aromatic carbocycles. The number of halogens is 1. The van der Waals surface area contributed by atoms with Crippen molar-refractivity contribution >= 4 is 30.0 Å². The monoisotopic (exact) mass is 462 g/mol. The molecule has 9 heteroatoms. The number of hydrogen-bond donors (Lipinski definition) is 2. The van der Waals surface area contributed by atoms with Crippen molar-refractivity contribution in [1.82, 2.24) is 14.5 Å². The second-order valence-corrected chi connectivity index (χ2v) is 9.40. The second-order valence-electron chi connectivity index (χ2n) is 9.40. The molecular weight excluding hydrogens is 434 g/mol. The highest BCUT2D eigenvalue weighted by molar-refractivity contribution is 6.38. The summed E-state index contributed by atoms with van der Waals surface area (Å²) in [4.78, 5) is 20.9. The number of nitrogens with two attached hydrogens (primary N) is 1. The summed E-state index contributed by atoms with van der Waals surface area (Å²) in [5, 5.41) is 11.1. The first-order chi connectivity index (χ1) is 15.9. The fraction of sp³-hybridized carbons (Fsp3) is 0.400. The van der Waals surface area contributed by atoms with E-state index < -0.39 is 29.3 Å². The van der Waals surface area contributed by atoms with Crippen LogP contribution in [0.2, 0.25) is 0 Å². The Morgan fingerprint density at radius 3 is 2.74 bits per heavy atom. The first-order valence-corrected chi connectivity index (χ1v) is 11.2. The summed E-state index contributed by atoms with van der Waals surface area (Å²) in [5.41, 5.74) is 9.43. The van der Waals surface area contributed by atoms with Crippen molar-refractivity contribution in [3.05, 3.63) is 69.2 Å². The maximum atomic E-state index is 14.2. The minimum absolute atomic E-state index is 0.0612. The standard InChI is InChI=1S/C25H28BFN4O3/c1-13-7-18-19(26)8-15(9-20(18)30-23(13)28)5-6-16-10-17(11-21(16)34-25(3,4)33)31-12-29-14(2)22(27)24(31)32/h7-10,12,17,21,33H,5-6,11H2,1-4H3,(H2,28,30)/t17?,21-/m0/s1. The van der Waals surface area contributed by atoms with E-state index in [-0.39, 0.29) is 5.69 Å². The highest BCUT2D eigenvalue weighted by Crippen LogP contribution is 2.35. The van der Waals surface area contributed by atoms with Crippen LogP contribution < -0.4 is 16.8 Å². The molecule has 2 aromatic heterocycles. The quantitative estimate of drug-likeness (QED) is 0.332. The molecule has 7 nitrogen and oxygen atoms in total. The number of fused-ring (bicyclic) bond motifs is 1. The van der Waals surface area contributed by atoms with E-state index in [1.165, 1.54) is 17.8 Å². The van der Waals surface area contributed by atoms with E-state index in [1.54, 1.807) is 13.8 Å². The molecule has 0 amide bonds. The molecule has 3 aromatic rings. The van der Waals surface area contributed by atoms with Crippen LogP contribution in [0.25, 0.3) is 10.9 Å². The molecule has 0 spiro atoms. The Bertz CT molecular complexity index is 1350. The zero-order chi connectivity index (χ0) is 24.8. The molecule has 4 rings (SSSR count). The number of allylic oxidation sites excluding steroid dienone is 1. The van der Waals surface area contributed by atoms with Crippen molar-refractivity contribution in [1.29, 1.82) is 0 Å². The number of nitrogen functional groups attached to an aromatic ring is 1. The molecular formula is C25H28BFN4O3. The maximum absolute atomic E-state index is 14.2. The zero-order valence-electron chi connectivity index (χ0n) is 19.8. The first-order valence-electron chi connectivity index (χ1n) is 11.2. The van der Waals surface area contributed by atoms with Gasteiger partial charge >= 0.3 is 0 Å². The summed E-state index contributed by atoms with van der Waals surface area (Å²) in [6.07, 6.45) is 4.44. The van der Waals surface area contributed by atoms with Gasteiger partial charge in [-0.05, 0) is 74.8 Å². The lowest BCUT2D eigenvalue weighted by atomic mass is 9.88. The van der Waals surface area contributed by atoms with Crippen LogP contribution in [0, 0.1) is 19.7 Å². The van der Waals surface area contributed by atoms with Gasteiger partial charge in [0.2, 0.25) is 5.82 Å². The fourth-order valence-corrected chi connectivity index (χ4v) is 4.38. The normalized spacial score (nSPS) is 18.5. The van der Waals surface area contributed by atoms with Crippen LogP contribution in [0.1, 0.15) is 49.6 Å². The predicted molar refractivity (Wildman–Crippen MR) is 131 cm³/mol. The van der Waals surface area contributed by atoms with Crippen molar-refractivity contribution in [2.75, 3.05) is 5.73 Å². The number of aromatic nitrogens is 3. The summed E-state index contributed by atoms with van der Waals surface area (Å²) in [6, 6.07) is 5.39. The molecule has 1 unspecified atom stereocenters. The summed E-state index contributed by atoms with van der Waals surface area (Å²) in [5.74, 6) is -1.76. The predicted octanol–water partition coefficient (Wildman–Crippen LogP) is 2.54. The van der Waals surface area contributed by atoms with Crippen LogP contribution in [0.3, 0.4) is 0 Å². The molecule has 34 heavy (non-hydrogen) atoms. The number of aliphatic hydroxyl groups is 1. The Kier molecular flexibility index (Phi) is 6.35. The lowest BCUT2D eigenvalue weighted by Gasteiger charge is -2.26. The molecule has 0 bridgehead atoms. The van der Waals surface area contributed by atoms with Crippen molar-refractivity contribution in [2.45, 2.75) is 64.9 Å². The molecule has 2 atom stereocenters. The van der Waals surface area contributed by atoms with Gasteiger partial charge < -0.3 is 15.6 Å². The van der Waals surface area contributed by atoms with Crippen LogP contribution >= 0.6 is 0 Å². The number of hydrogen-bond acceptors (Lipinski definition) is 6. The Hall–Kier alpha value is -3.04. The van der Waals surface area contributed by atoms with E-state index in [1.807, 2.05) is 31.2 Å². The highest BCUT2D eigenvalue weighted by Gasteiger charge is 2.32. The van der Waals surface area contributed by atoms with Crippen LogP contribution in [-0.2, 0) is 11.2 Å². The Balaban J connectivity index is 1.62. The summed E-state index contributed by atoms with van der Waals surface area (Å²) in [6.45, 7) is 6.45. The summed E-state index contributed by atoms with van der Waals surface area (Å²) < 4.78 is 21.3. The molecule has 0 saturated carbocycles. The number of nitrogens with zero attached hydrogens (tertiary/aromatic N) is 3. The van der Waals surface area contributed by atoms with Gasteiger partial charge in [-0.2, -0.15) is 4.39 Å². The van der Waals surface area contributed by atoms with Gasteiger partial charge in [-0.25, -0.2) is 9.97 Å². The Morgan fingerprint density at radius 2 is 2.03 bits per heavy atom. The number of anilines is 1. The summed E-state index contributed by atoms with van der Waals surface area (Å²) >= 11 is 0. The van der Waals surface area contributed by atoms with Crippen molar-refractivity contribution in [2.24, 2.45) is 0 Å². The van der Waals surface area contributed by atoms with Gasteiger partial charge in [-0.15, -0.1) is 0 Å². The summed E-state index contributed by atoms with van der Waals surface area (Å²) in [7, 11) is 6.28. The molecule has 2 heterocycles. The van der Waals surface area contributed by atoms with E-state index >= 15 is 0 Å². The van der Waals surface area contributed by atoms with Gasteiger partial charge in [0.25, 0.3) is 5.56 Å². The van der Waals surface area contributed by atoms with Crippen LogP contribution in [0.5, 0.6) is 0 Å². The van der Waals surface area contributed by atoms with Crippen molar-refractivity contribution in [3.63, 3.8) is 0 Å². The SMILES string of the molecule is [B]c1cc(CCC2=CC(n3cnc(C)c(F)c3=O)C[C@@H]2OC(C)(C)O)cc2nc(N)c(C)cc12. The molecule has 0 fully saturated rings. The molecule has 1 aliphatic carbocycles. The Labute approximate surface area is 198 Å².